The summed E-state index contributed by atoms with van der Waals surface area (Å²) < 4.78 is 0. The minimum Gasteiger partial charge on any atom is -0.399 e. The zero-order chi connectivity index (χ0) is 9.26. The summed E-state index contributed by atoms with van der Waals surface area (Å²) in [6.07, 6.45) is -0.346. The van der Waals surface area contributed by atoms with E-state index in [1.54, 1.807) is 0 Å². The molecule has 3 heteroatoms. The molecule has 0 saturated carbocycles. The van der Waals surface area contributed by atoms with Gasteiger partial charge in [-0.15, -0.1) is 0 Å². The van der Waals surface area contributed by atoms with Gasteiger partial charge in [0.2, 0.25) is 0 Å². The van der Waals surface area contributed by atoms with E-state index in [2.05, 4.69) is 5.32 Å². The predicted molar refractivity (Wildman–Crippen MR) is 52.2 cm³/mol. The van der Waals surface area contributed by atoms with Crippen molar-refractivity contribution >= 4 is 5.69 Å². The second-order valence-electron chi connectivity index (χ2n) is 3.53. The largest absolute Gasteiger partial charge is 0.399 e. The lowest BCUT2D eigenvalue weighted by Gasteiger charge is -2.31. The number of aliphatic hydroxyl groups is 1. The number of hydrogen-bond donors (Lipinski definition) is 3. The van der Waals surface area contributed by atoms with Crippen LogP contribution in [0.5, 0.6) is 0 Å². The van der Waals surface area contributed by atoms with Gasteiger partial charge in [-0.2, -0.15) is 0 Å². The van der Waals surface area contributed by atoms with Crippen LogP contribution in [0.3, 0.4) is 0 Å². The fourth-order valence-corrected chi connectivity index (χ4v) is 1.50. The third-order valence-corrected chi connectivity index (χ3v) is 2.54. The Kier molecular flexibility index (Phi) is 2.20. The van der Waals surface area contributed by atoms with E-state index in [0.717, 1.165) is 24.3 Å². The average molecular weight is 178 g/mol. The summed E-state index contributed by atoms with van der Waals surface area (Å²) in [4.78, 5) is 0. The van der Waals surface area contributed by atoms with Crippen LogP contribution in [0, 0.1) is 5.92 Å². The minimum absolute atomic E-state index is 0.346. The second kappa shape index (κ2) is 3.36. The standard InChI is InChI=1S/C10H14N2O/c11-9-3-1-7(2-4-9)10(13)8-5-12-6-8/h1-4,8,10,12-13H,5-6,11H2. The Hall–Kier alpha value is -1.06. The molecule has 1 aliphatic heterocycles. The summed E-state index contributed by atoms with van der Waals surface area (Å²) in [5.41, 5.74) is 7.25. The maximum Gasteiger partial charge on any atom is 0.0842 e. The molecule has 1 heterocycles. The molecule has 1 aliphatic rings. The molecule has 3 nitrogen and oxygen atoms in total. The number of nitrogens with one attached hydrogen (secondary N) is 1. The monoisotopic (exact) mass is 178 g/mol. The Bertz CT molecular complexity index is 279. The lowest BCUT2D eigenvalue weighted by molar-refractivity contribution is 0.0767. The van der Waals surface area contributed by atoms with Crippen molar-refractivity contribution in [3.05, 3.63) is 29.8 Å². The van der Waals surface area contributed by atoms with Crippen molar-refractivity contribution in [1.82, 2.24) is 5.32 Å². The van der Waals surface area contributed by atoms with Gasteiger partial charge in [0.1, 0.15) is 0 Å². The maximum atomic E-state index is 9.85. The van der Waals surface area contributed by atoms with Crippen molar-refractivity contribution in [2.45, 2.75) is 6.10 Å². The zero-order valence-electron chi connectivity index (χ0n) is 7.40. The molecular weight excluding hydrogens is 164 g/mol. The van der Waals surface area contributed by atoms with Crippen molar-refractivity contribution in [2.24, 2.45) is 5.92 Å². The Morgan fingerprint density at radius 3 is 2.38 bits per heavy atom. The highest BCUT2D eigenvalue weighted by Gasteiger charge is 2.26. The topological polar surface area (TPSA) is 58.3 Å². The lowest BCUT2D eigenvalue weighted by atomic mass is 9.91. The Labute approximate surface area is 77.6 Å². The zero-order valence-corrected chi connectivity index (χ0v) is 7.40. The Morgan fingerprint density at radius 2 is 1.92 bits per heavy atom. The summed E-state index contributed by atoms with van der Waals surface area (Å²) >= 11 is 0. The van der Waals surface area contributed by atoms with Crippen LogP contribution in [-0.4, -0.2) is 18.2 Å². The number of nitrogens with two attached hydrogens (primary N) is 1. The van der Waals surface area contributed by atoms with Crippen molar-refractivity contribution < 1.29 is 5.11 Å². The van der Waals surface area contributed by atoms with Crippen molar-refractivity contribution in [2.75, 3.05) is 18.8 Å². The van der Waals surface area contributed by atoms with Gasteiger partial charge in [-0.1, -0.05) is 12.1 Å². The third-order valence-electron chi connectivity index (χ3n) is 2.54. The molecule has 1 aromatic rings. The quantitative estimate of drug-likeness (QED) is 0.579. The van der Waals surface area contributed by atoms with Crippen molar-refractivity contribution in [3.8, 4) is 0 Å². The van der Waals surface area contributed by atoms with E-state index in [0.29, 0.717) is 5.92 Å². The summed E-state index contributed by atoms with van der Waals surface area (Å²) in [5.74, 6) is 0.364. The van der Waals surface area contributed by atoms with Crippen molar-refractivity contribution in [3.63, 3.8) is 0 Å². The van der Waals surface area contributed by atoms with Gasteiger partial charge >= 0.3 is 0 Å². The van der Waals surface area contributed by atoms with E-state index in [-0.39, 0.29) is 6.10 Å². The molecule has 70 valence electrons. The van der Waals surface area contributed by atoms with E-state index in [4.69, 9.17) is 5.73 Å². The molecule has 13 heavy (non-hydrogen) atoms. The average Bonchev–Trinajstić information content (AvgIpc) is 2.02. The van der Waals surface area contributed by atoms with Crippen LogP contribution in [-0.2, 0) is 0 Å². The third kappa shape index (κ3) is 1.66. The molecule has 4 N–H and O–H groups in total. The Balaban J connectivity index is 2.10. The predicted octanol–water partition coefficient (Wildman–Crippen LogP) is 0.522. The van der Waals surface area contributed by atoms with Gasteiger partial charge in [-0.05, 0) is 17.7 Å². The van der Waals surface area contributed by atoms with Crippen molar-refractivity contribution in [1.29, 1.82) is 0 Å². The summed E-state index contributed by atoms with van der Waals surface area (Å²) in [6.45, 7) is 1.82. The molecule has 1 saturated heterocycles. The van der Waals surface area contributed by atoms with Crippen LogP contribution in [0.15, 0.2) is 24.3 Å². The molecule has 1 unspecified atom stereocenters. The lowest BCUT2D eigenvalue weighted by Crippen LogP contribution is -2.45. The highest BCUT2D eigenvalue weighted by atomic mass is 16.3. The number of aliphatic hydroxyl groups excluding tert-OH is 1. The Morgan fingerprint density at radius 1 is 1.31 bits per heavy atom. The summed E-state index contributed by atoms with van der Waals surface area (Å²) in [7, 11) is 0. The van der Waals surface area contributed by atoms with Gasteiger partial charge < -0.3 is 16.2 Å². The number of benzene rings is 1. The molecule has 0 spiro atoms. The van der Waals surface area contributed by atoms with Crippen LogP contribution in [0.4, 0.5) is 5.69 Å². The maximum absolute atomic E-state index is 9.85. The SMILES string of the molecule is Nc1ccc(C(O)C2CNC2)cc1. The molecular formula is C10H14N2O. The van der Waals surface area contributed by atoms with Crippen LogP contribution in [0.2, 0.25) is 0 Å². The van der Waals surface area contributed by atoms with Gasteiger partial charge in [-0.3, -0.25) is 0 Å². The second-order valence-corrected chi connectivity index (χ2v) is 3.53. The molecule has 0 amide bonds. The first-order chi connectivity index (χ1) is 6.27. The molecule has 1 atom stereocenters. The van der Waals surface area contributed by atoms with E-state index in [9.17, 15) is 5.11 Å². The summed E-state index contributed by atoms with van der Waals surface area (Å²) in [5, 5.41) is 13.0. The molecule has 1 fully saturated rings. The smallest absolute Gasteiger partial charge is 0.0842 e. The highest BCUT2D eigenvalue weighted by Crippen LogP contribution is 2.25. The number of anilines is 1. The fourth-order valence-electron chi connectivity index (χ4n) is 1.50. The van der Waals surface area contributed by atoms with E-state index in [1.807, 2.05) is 24.3 Å². The van der Waals surface area contributed by atoms with Crippen LogP contribution >= 0.6 is 0 Å². The minimum atomic E-state index is -0.346. The first kappa shape index (κ1) is 8.53. The highest BCUT2D eigenvalue weighted by molar-refractivity contribution is 5.40. The van der Waals surface area contributed by atoms with E-state index in [1.165, 1.54) is 0 Å². The number of nitrogen functional groups attached to an aromatic ring is 1. The van der Waals surface area contributed by atoms with Crippen LogP contribution in [0.1, 0.15) is 11.7 Å². The molecule has 0 aliphatic carbocycles. The fraction of sp³-hybridized carbons (Fsp3) is 0.400. The first-order valence-electron chi connectivity index (χ1n) is 4.51. The van der Waals surface area contributed by atoms with Gasteiger partial charge in [-0.25, -0.2) is 0 Å². The first-order valence-corrected chi connectivity index (χ1v) is 4.51. The van der Waals surface area contributed by atoms with Gasteiger partial charge in [0.15, 0.2) is 0 Å². The molecule has 0 aromatic heterocycles. The van der Waals surface area contributed by atoms with Gasteiger partial charge in [0.25, 0.3) is 0 Å². The molecule has 1 aromatic carbocycles. The van der Waals surface area contributed by atoms with Crippen LogP contribution < -0.4 is 11.1 Å². The van der Waals surface area contributed by atoms with E-state index >= 15 is 0 Å². The number of hydrogen-bond acceptors (Lipinski definition) is 3. The van der Waals surface area contributed by atoms with Gasteiger partial charge in [0.05, 0.1) is 6.10 Å². The molecule has 2 rings (SSSR count). The van der Waals surface area contributed by atoms with Gasteiger partial charge in [0, 0.05) is 24.7 Å². The normalized spacial score (nSPS) is 19.5. The summed E-state index contributed by atoms with van der Waals surface area (Å²) in [6, 6.07) is 7.42. The molecule has 0 radical (unpaired) electrons. The van der Waals surface area contributed by atoms with E-state index < -0.39 is 0 Å². The van der Waals surface area contributed by atoms with Crippen LogP contribution in [0.25, 0.3) is 0 Å². The number of rotatable bonds is 2. The molecule has 0 bridgehead atoms.